The molecule has 0 aromatic heterocycles. The second-order valence-electron chi connectivity index (χ2n) is 3.26. The van der Waals surface area contributed by atoms with E-state index in [-0.39, 0.29) is 18.9 Å². The fraction of sp³-hybridized carbons (Fsp3) is 0.333. The van der Waals surface area contributed by atoms with Crippen molar-refractivity contribution < 1.29 is 14.2 Å². The SMILES string of the molecule is Nc1cc(C2(O)COC2)ccc1F. The van der Waals surface area contributed by atoms with Gasteiger partial charge in [-0.1, -0.05) is 6.07 Å². The van der Waals surface area contributed by atoms with Crippen molar-refractivity contribution in [2.75, 3.05) is 18.9 Å². The van der Waals surface area contributed by atoms with E-state index >= 15 is 0 Å². The van der Waals surface area contributed by atoms with Gasteiger partial charge in [0.25, 0.3) is 0 Å². The van der Waals surface area contributed by atoms with Gasteiger partial charge in [0, 0.05) is 0 Å². The highest BCUT2D eigenvalue weighted by Crippen LogP contribution is 2.30. The standard InChI is InChI=1S/C9H10FNO2/c10-7-2-1-6(3-8(7)11)9(12)4-13-5-9/h1-3,12H,4-5,11H2. The van der Waals surface area contributed by atoms with Crippen molar-refractivity contribution in [3.63, 3.8) is 0 Å². The van der Waals surface area contributed by atoms with Gasteiger partial charge in [-0.3, -0.25) is 0 Å². The molecule has 1 fully saturated rings. The van der Waals surface area contributed by atoms with Crippen molar-refractivity contribution in [3.8, 4) is 0 Å². The summed E-state index contributed by atoms with van der Waals surface area (Å²) < 4.78 is 17.6. The molecule has 3 N–H and O–H groups in total. The smallest absolute Gasteiger partial charge is 0.146 e. The van der Waals surface area contributed by atoms with E-state index in [0.29, 0.717) is 5.56 Å². The zero-order valence-corrected chi connectivity index (χ0v) is 6.96. The molecular formula is C9H10FNO2. The minimum absolute atomic E-state index is 0.0535. The van der Waals surface area contributed by atoms with Gasteiger partial charge in [0.05, 0.1) is 18.9 Å². The minimum atomic E-state index is -0.970. The second kappa shape index (κ2) is 2.68. The van der Waals surface area contributed by atoms with E-state index in [2.05, 4.69) is 0 Å². The van der Waals surface area contributed by atoms with Gasteiger partial charge in [0.15, 0.2) is 0 Å². The Hall–Kier alpha value is -1.13. The summed E-state index contributed by atoms with van der Waals surface area (Å²) in [6.07, 6.45) is 0. The van der Waals surface area contributed by atoms with Crippen LogP contribution in [-0.2, 0) is 10.3 Å². The Bertz CT molecular complexity index is 336. The van der Waals surface area contributed by atoms with Crippen LogP contribution >= 0.6 is 0 Å². The van der Waals surface area contributed by atoms with Crippen molar-refractivity contribution in [2.24, 2.45) is 0 Å². The molecule has 0 aliphatic carbocycles. The Morgan fingerprint density at radius 1 is 1.46 bits per heavy atom. The Morgan fingerprint density at radius 3 is 2.62 bits per heavy atom. The molecule has 1 heterocycles. The lowest BCUT2D eigenvalue weighted by molar-refractivity contribution is -0.184. The summed E-state index contributed by atoms with van der Waals surface area (Å²) in [5.41, 5.74) is 5.06. The zero-order valence-electron chi connectivity index (χ0n) is 6.96. The van der Waals surface area contributed by atoms with Gasteiger partial charge in [0.1, 0.15) is 11.4 Å². The van der Waals surface area contributed by atoms with Crippen molar-refractivity contribution in [1.82, 2.24) is 0 Å². The molecule has 1 saturated heterocycles. The van der Waals surface area contributed by atoms with Crippen LogP contribution in [0.1, 0.15) is 5.56 Å². The third kappa shape index (κ3) is 1.28. The van der Waals surface area contributed by atoms with Crippen LogP contribution in [0.15, 0.2) is 18.2 Å². The predicted molar refractivity (Wildman–Crippen MR) is 45.5 cm³/mol. The van der Waals surface area contributed by atoms with Gasteiger partial charge in [0.2, 0.25) is 0 Å². The Labute approximate surface area is 74.9 Å². The second-order valence-corrected chi connectivity index (χ2v) is 3.26. The number of hydrogen-bond acceptors (Lipinski definition) is 3. The Morgan fingerprint density at radius 2 is 2.15 bits per heavy atom. The summed E-state index contributed by atoms with van der Waals surface area (Å²) in [5.74, 6) is -0.465. The average Bonchev–Trinajstić information content (AvgIpc) is 2.06. The largest absolute Gasteiger partial charge is 0.396 e. The molecule has 0 amide bonds. The average molecular weight is 183 g/mol. The zero-order chi connectivity index (χ0) is 9.47. The molecule has 1 aromatic rings. The van der Waals surface area contributed by atoms with Crippen LogP contribution in [0.4, 0.5) is 10.1 Å². The molecule has 0 spiro atoms. The van der Waals surface area contributed by atoms with Gasteiger partial charge in [-0.25, -0.2) is 4.39 Å². The third-order valence-corrected chi connectivity index (χ3v) is 2.22. The monoisotopic (exact) mass is 183 g/mol. The Kier molecular flexibility index (Phi) is 1.75. The highest BCUT2D eigenvalue weighted by atomic mass is 19.1. The molecule has 0 atom stereocenters. The van der Waals surface area contributed by atoms with E-state index in [4.69, 9.17) is 10.5 Å². The summed E-state index contributed by atoms with van der Waals surface area (Å²) >= 11 is 0. The summed E-state index contributed by atoms with van der Waals surface area (Å²) in [7, 11) is 0. The predicted octanol–water partition coefficient (Wildman–Crippen LogP) is 0.626. The number of nitrogen functional groups attached to an aromatic ring is 1. The van der Waals surface area contributed by atoms with Crippen molar-refractivity contribution in [1.29, 1.82) is 0 Å². The summed E-state index contributed by atoms with van der Waals surface area (Å²) in [5, 5.41) is 9.79. The van der Waals surface area contributed by atoms with Crippen LogP contribution in [-0.4, -0.2) is 18.3 Å². The van der Waals surface area contributed by atoms with E-state index in [9.17, 15) is 9.50 Å². The molecule has 0 bridgehead atoms. The molecule has 13 heavy (non-hydrogen) atoms. The molecule has 2 rings (SSSR count). The number of halogens is 1. The van der Waals surface area contributed by atoms with E-state index < -0.39 is 11.4 Å². The van der Waals surface area contributed by atoms with Crippen LogP contribution in [0.2, 0.25) is 0 Å². The molecule has 3 nitrogen and oxygen atoms in total. The van der Waals surface area contributed by atoms with Gasteiger partial charge in [-0.05, 0) is 17.7 Å². The normalized spacial score (nSPS) is 19.5. The molecular weight excluding hydrogens is 173 g/mol. The van der Waals surface area contributed by atoms with E-state index in [1.165, 1.54) is 18.2 Å². The topological polar surface area (TPSA) is 55.5 Å². The number of hydrogen-bond donors (Lipinski definition) is 2. The molecule has 0 unspecified atom stereocenters. The lowest BCUT2D eigenvalue weighted by Gasteiger charge is -2.36. The first-order chi connectivity index (χ1) is 6.12. The molecule has 0 saturated carbocycles. The molecule has 0 radical (unpaired) electrons. The number of nitrogens with two attached hydrogens (primary N) is 1. The van der Waals surface area contributed by atoms with Gasteiger partial charge in [-0.15, -0.1) is 0 Å². The molecule has 1 aliphatic heterocycles. The number of benzene rings is 1. The summed E-state index contributed by atoms with van der Waals surface area (Å²) in [6.45, 7) is 0.496. The maximum atomic E-state index is 12.8. The van der Waals surface area contributed by atoms with Crippen LogP contribution in [0, 0.1) is 5.82 Å². The van der Waals surface area contributed by atoms with Gasteiger partial charge >= 0.3 is 0 Å². The fourth-order valence-corrected chi connectivity index (χ4v) is 1.30. The molecule has 4 heteroatoms. The molecule has 70 valence electrons. The van der Waals surface area contributed by atoms with Crippen LogP contribution in [0.5, 0.6) is 0 Å². The van der Waals surface area contributed by atoms with Gasteiger partial charge in [-0.2, -0.15) is 0 Å². The first-order valence-corrected chi connectivity index (χ1v) is 3.97. The minimum Gasteiger partial charge on any atom is -0.396 e. The number of anilines is 1. The summed E-state index contributed by atoms with van der Waals surface area (Å²) in [6, 6.07) is 4.22. The quantitative estimate of drug-likeness (QED) is 0.628. The molecule has 1 aromatic carbocycles. The van der Waals surface area contributed by atoms with Crippen LogP contribution < -0.4 is 5.73 Å². The van der Waals surface area contributed by atoms with E-state index in [0.717, 1.165) is 0 Å². The van der Waals surface area contributed by atoms with Crippen LogP contribution in [0.25, 0.3) is 0 Å². The third-order valence-electron chi connectivity index (χ3n) is 2.22. The first-order valence-electron chi connectivity index (χ1n) is 3.97. The van der Waals surface area contributed by atoms with Crippen molar-refractivity contribution in [2.45, 2.75) is 5.60 Å². The van der Waals surface area contributed by atoms with Gasteiger partial charge < -0.3 is 15.6 Å². The summed E-state index contributed by atoms with van der Waals surface area (Å²) in [4.78, 5) is 0. The van der Waals surface area contributed by atoms with Crippen molar-refractivity contribution >= 4 is 5.69 Å². The number of aliphatic hydroxyl groups is 1. The first kappa shape index (κ1) is 8.47. The van der Waals surface area contributed by atoms with E-state index in [1.54, 1.807) is 0 Å². The number of rotatable bonds is 1. The lowest BCUT2D eigenvalue weighted by Crippen LogP contribution is -2.46. The fourth-order valence-electron chi connectivity index (χ4n) is 1.30. The lowest BCUT2D eigenvalue weighted by atomic mass is 9.92. The highest BCUT2D eigenvalue weighted by Gasteiger charge is 2.38. The maximum absolute atomic E-state index is 12.8. The Balaban J connectivity index is 2.36. The van der Waals surface area contributed by atoms with Crippen molar-refractivity contribution in [3.05, 3.63) is 29.6 Å². The maximum Gasteiger partial charge on any atom is 0.146 e. The van der Waals surface area contributed by atoms with E-state index in [1.807, 2.05) is 0 Å². The molecule has 1 aliphatic rings. The highest BCUT2D eigenvalue weighted by molar-refractivity contribution is 5.44. The number of ether oxygens (including phenoxy) is 1. The van der Waals surface area contributed by atoms with Crippen LogP contribution in [0.3, 0.4) is 0 Å².